The maximum Gasteiger partial charge on any atom is 0.229 e. The number of hydrogen-bond donors (Lipinski definition) is 1. The highest BCUT2D eigenvalue weighted by Gasteiger charge is 2.24. The lowest BCUT2D eigenvalue weighted by atomic mass is 9.89. The fourth-order valence-corrected chi connectivity index (χ4v) is 3.24. The lowest BCUT2D eigenvalue weighted by Gasteiger charge is -2.19. The van der Waals surface area contributed by atoms with Gasteiger partial charge >= 0.3 is 0 Å². The molecule has 2 heterocycles. The molecule has 5 heteroatoms. The number of rotatable bonds is 5. The van der Waals surface area contributed by atoms with Crippen LogP contribution in [-0.4, -0.2) is 28.9 Å². The molecule has 0 radical (unpaired) electrons. The highest BCUT2D eigenvalue weighted by atomic mass is 16.5. The lowest BCUT2D eigenvalue weighted by molar-refractivity contribution is 0.0829. The minimum absolute atomic E-state index is 0.333. The van der Waals surface area contributed by atoms with E-state index in [0.717, 1.165) is 24.7 Å². The Kier molecular flexibility index (Phi) is 4.68. The number of aromatic nitrogens is 2. The molecule has 3 rings (SSSR count). The minimum atomic E-state index is 0.333. The van der Waals surface area contributed by atoms with Crippen LogP contribution in [0.5, 0.6) is 0 Å². The van der Waals surface area contributed by atoms with E-state index in [2.05, 4.69) is 22.4 Å². The van der Waals surface area contributed by atoms with E-state index >= 15 is 0 Å². The first kappa shape index (κ1) is 14.0. The molecule has 0 bridgehead atoms. The molecule has 0 spiro atoms. The molecule has 5 nitrogen and oxygen atoms in total. The third-order valence-corrected chi connectivity index (χ3v) is 4.54. The van der Waals surface area contributed by atoms with Crippen LogP contribution in [0.2, 0.25) is 0 Å². The van der Waals surface area contributed by atoms with Gasteiger partial charge in [0.2, 0.25) is 5.89 Å². The van der Waals surface area contributed by atoms with Crippen molar-refractivity contribution in [3.05, 3.63) is 11.7 Å². The van der Waals surface area contributed by atoms with Gasteiger partial charge in [0.1, 0.15) is 0 Å². The zero-order chi connectivity index (χ0) is 13.8. The Morgan fingerprint density at radius 3 is 2.80 bits per heavy atom. The molecule has 1 saturated heterocycles. The summed E-state index contributed by atoms with van der Waals surface area (Å²) in [6.45, 7) is 3.72. The molecule has 1 N–H and O–H groups in total. The molecule has 1 aliphatic carbocycles. The van der Waals surface area contributed by atoms with Crippen molar-refractivity contribution in [1.29, 1.82) is 0 Å². The zero-order valence-corrected chi connectivity index (χ0v) is 12.3. The van der Waals surface area contributed by atoms with Crippen molar-refractivity contribution in [3.8, 4) is 0 Å². The summed E-state index contributed by atoms with van der Waals surface area (Å²) in [4.78, 5) is 4.55. The van der Waals surface area contributed by atoms with Crippen molar-refractivity contribution in [2.75, 3.05) is 6.61 Å². The minimum Gasteiger partial charge on any atom is -0.377 e. The second-order valence-electron chi connectivity index (χ2n) is 6.10. The van der Waals surface area contributed by atoms with Gasteiger partial charge in [0.15, 0.2) is 5.82 Å². The van der Waals surface area contributed by atoms with Gasteiger partial charge in [0.05, 0.1) is 12.6 Å². The maximum absolute atomic E-state index is 5.68. The van der Waals surface area contributed by atoms with Gasteiger partial charge in [-0.05, 0) is 32.6 Å². The van der Waals surface area contributed by atoms with E-state index in [9.17, 15) is 0 Å². The summed E-state index contributed by atoms with van der Waals surface area (Å²) in [5.41, 5.74) is 0. The van der Waals surface area contributed by atoms with E-state index in [1.165, 1.54) is 38.5 Å². The first-order valence-electron chi connectivity index (χ1n) is 8.00. The molecule has 2 fully saturated rings. The van der Waals surface area contributed by atoms with E-state index in [1.807, 2.05) is 0 Å². The molecule has 2 atom stereocenters. The standard InChI is InChI=1S/C15H25N3O2/c1-11(13-8-5-9-19-13)16-10-14-17-15(20-18-14)12-6-3-2-4-7-12/h11-13,16H,2-10H2,1H3/t11-,13-/m1/s1. The monoisotopic (exact) mass is 279 g/mol. The molecule has 20 heavy (non-hydrogen) atoms. The van der Waals surface area contributed by atoms with Crippen LogP contribution < -0.4 is 5.32 Å². The van der Waals surface area contributed by atoms with Crippen molar-refractivity contribution in [2.45, 2.75) is 76.5 Å². The van der Waals surface area contributed by atoms with E-state index in [0.29, 0.717) is 24.6 Å². The van der Waals surface area contributed by atoms with Gasteiger partial charge in [-0.15, -0.1) is 0 Å². The van der Waals surface area contributed by atoms with Gasteiger partial charge in [-0.1, -0.05) is 24.4 Å². The van der Waals surface area contributed by atoms with Crippen molar-refractivity contribution >= 4 is 0 Å². The number of hydrogen-bond acceptors (Lipinski definition) is 5. The van der Waals surface area contributed by atoms with Crippen LogP contribution in [0, 0.1) is 0 Å². The summed E-state index contributed by atoms with van der Waals surface area (Å²) in [5.74, 6) is 2.10. The molecular formula is C15H25N3O2. The molecule has 0 unspecified atom stereocenters. The first-order valence-corrected chi connectivity index (χ1v) is 8.00. The summed E-state index contributed by atoms with van der Waals surface area (Å²) < 4.78 is 11.1. The molecule has 0 amide bonds. The van der Waals surface area contributed by atoms with Gasteiger partial charge in [-0.2, -0.15) is 4.98 Å². The Morgan fingerprint density at radius 2 is 2.05 bits per heavy atom. The summed E-state index contributed by atoms with van der Waals surface area (Å²) in [6.07, 6.45) is 8.96. The lowest BCUT2D eigenvalue weighted by Crippen LogP contribution is -2.36. The normalized spacial score (nSPS) is 25.9. The summed E-state index contributed by atoms with van der Waals surface area (Å²) >= 11 is 0. The summed E-state index contributed by atoms with van der Waals surface area (Å²) in [6, 6.07) is 0.342. The first-order chi connectivity index (χ1) is 9.83. The molecule has 0 aromatic carbocycles. The summed E-state index contributed by atoms with van der Waals surface area (Å²) in [5, 5.41) is 7.55. The molecule has 2 aliphatic rings. The Bertz CT molecular complexity index is 409. The van der Waals surface area contributed by atoms with Crippen LogP contribution >= 0.6 is 0 Å². The molecule has 112 valence electrons. The molecule has 1 aromatic rings. The van der Waals surface area contributed by atoms with Gasteiger partial charge in [0.25, 0.3) is 0 Å². The van der Waals surface area contributed by atoms with Crippen LogP contribution in [0.3, 0.4) is 0 Å². The van der Waals surface area contributed by atoms with Crippen molar-refractivity contribution in [1.82, 2.24) is 15.5 Å². The fourth-order valence-electron chi connectivity index (χ4n) is 3.24. The summed E-state index contributed by atoms with van der Waals surface area (Å²) in [7, 11) is 0. The van der Waals surface area contributed by atoms with Gasteiger partial charge in [0, 0.05) is 18.6 Å². The van der Waals surface area contributed by atoms with E-state index in [4.69, 9.17) is 9.26 Å². The smallest absolute Gasteiger partial charge is 0.229 e. The van der Waals surface area contributed by atoms with Crippen LogP contribution in [0.15, 0.2) is 4.52 Å². The second kappa shape index (κ2) is 6.68. The van der Waals surface area contributed by atoms with Gasteiger partial charge in [-0.3, -0.25) is 0 Å². The van der Waals surface area contributed by atoms with Crippen LogP contribution in [0.4, 0.5) is 0 Å². The molecule has 1 aromatic heterocycles. The second-order valence-corrected chi connectivity index (χ2v) is 6.10. The average molecular weight is 279 g/mol. The van der Waals surface area contributed by atoms with E-state index in [-0.39, 0.29) is 0 Å². The Balaban J connectivity index is 1.49. The molecular weight excluding hydrogens is 254 g/mol. The Hall–Kier alpha value is -0.940. The number of nitrogens with one attached hydrogen (secondary N) is 1. The highest BCUT2D eigenvalue weighted by Crippen LogP contribution is 2.31. The predicted molar refractivity (Wildman–Crippen MR) is 75.4 cm³/mol. The number of ether oxygens (including phenoxy) is 1. The highest BCUT2D eigenvalue weighted by molar-refractivity contribution is 4.95. The average Bonchev–Trinajstić information content (AvgIpc) is 3.17. The molecule has 1 aliphatic heterocycles. The van der Waals surface area contributed by atoms with Crippen LogP contribution in [-0.2, 0) is 11.3 Å². The third kappa shape index (κ3) is 3.38. The zero-order valence-electron chi connectivity index (χ0n) is 12.3. The topological polar surface area (TPSA) is 60.2 Å². The SMILES string of the molecule is C[C@@H](NCc1noc(C2CCCCC2)n1)[C@H]1CCCO1. The quantitative estimate of drug-likeness (QED) is 0.898. The predicted octanol–water partition coefficient (Wildman–Crippen LogP) is 2.77. The Labute approximate surface area is 120 Å². The van der Waals surface area contributed by atoms with Crippen LogP contribution in [0.25, 0.3) is 0 Å². The largest absolute Gasteiger partial charge is 0.377 e. The number of nitrogens with zero attached hydrogens (tertiary/aromatic N) is 2. The van der Waals surface area contributed by atoms with E-state index < -0.39 is 0 Å². The van der Waals surface area contributed by atoms with Crippen molar-refractivity contribution in [2.24, 2.45) is 0 Å². The fraction of sp³-hybridized carbons (Fsp3) is 0.867. The third-order valence-electron chi connectivity index (χ3n) is 4.54. The Morgan fingerprint density at radius 1 is 1.20 bits per heavy atom. The molecule has 1 saturated carbocycles. The van der Waals surface area contributed by atoms with E-state index in [1.54, 1.807) is 0 Å². The van der Waals surface area contributed by atoms with Crippen LogP contribution in [0.1, 0.15) is 69.5 Å². The van der Waals surface area contributed by atoms with Gasteiger partial charge in [-0.25, -0.2) is 0 Å². The van der Waals surface area contributed by atoms with Crippen molar-refractivity contribution in [3.63, 3.8) is 0 Å². The maximum atomic E-state index is 5.68. The van der Waals surface area contributed by atoms with Crippen molar-refractivity contribution < 1.29 is 9.26 Å². The van der Waals surface area contributed by atoms with Gasteiger partial charge < -0.3 is 14.6 Å².